The maximum atomic E-state index is 12.4. The predicted molar refractivity (Wildman–Crippen MR) is 98.1 cm³/mol. The number of rotatable bonds is 8. The summed E-state index contributed by atoms with van der Waals surface area (Å²) in [5.74, 6) is 1.04. The van der Waals surface area contributed by atoms with Gasteiger partial charge in [-0.15, -0.1) is 0 Å². The van der Waals surface area contributed by atoms with E-state index in [-0.39, 0.29) is 5.91 Å². The van der Waals surface area contributed by atoms with Crippen LogP contribution in [0.1, 0.15) is 52.9 Å². The molecule has 0 aromatic heterocycles. The Kier molecular flexibility index (Phi) is 8.50. The third-order valence-electron chi connectivity index (χ3n) is 5.64. The van der Waals surface area contributed by atoms with Gasteiger partial charge in [0.2, 0.25) is 5.91 Å². The van der Waals surface area contributed by atoms with Crippen molar-refractivity contribution in [1.82, 2.24) is 15.1 Å². The Morgan fingerprint density at radius 1 is 1.17 bits per heavy atom. The molecule has 1 saturated carbocycles. The monoisotopic (exact) mass is 339 g/mol. The van der Waals surface area contributed by atoms with Gasteiger partial charge in [0.05, 0.1) is 13.2 Å². The Labute approximate surface area is 148 Å². The topological polar surface area (TPSA) is 44.8 Å². The van der Waals surface area contributed by atoms with Crippen LogP contribution >= 0.6 is 0 Å². The summed E-state index contributed by atoms with van der Waals surface area (Å²) in [6, 6.07) is 0.950. The summed E-state index contributed by atoms with van der Waals surface area (Å²) in [7, 11) is 0. The van der Waals surface area contributed by atoms with E-state index in [2.05, 4.69) is 29.0 Å². The summed E-state index contributed by atoms with van der Waals surface area (Å²) in [5.41, 5.74) is 0. The van der Waals surface area contributed by atoms with Crippen LogP contribution in [0.15, 0.2) is 0 Å². The van der Waals surface area contributed by atoms with E-state index in [1.165, 1.54) is 12.8 Å². The van der Waals surface area contributed by atoms with Crippen molar-refractivity contribution in [3.63, 3.8) is 0 Å². The van der Waals surface area contributed by atoms with Crippen LogP contribution in [0.5, 0.6) is 0 Å². The fourth-order valence-corrected chi connectivity index (χ4v) is 3.99. The zero-order chi connectivity index (χ0) is 17.4. The number of hydrogen-bond donors (Lipinski definition) is 1. The number of nitrogens with one attached hydrogen (secondary N) is 1. The van der Waals surface area contributed by atoms with Gasteiger partial charge >= 0.3 is 0 Å². The molecule has 0 bridgehead atoms. The first kappa shape index (κ1) is 19.7. The van der Waals surface area contributed by atoms with Crippen molar-refractivity contribution >= 4 is 5.91 Å². The molecule has 5 nitrogen and oxygen atoms in total. The minimum Gasteiger partial charge on any atom is -0.380 e. The van der Waals surface area contributed by atoms with Crippen LogP contribution in [-0.4, -0.2) is 73.7 Å². The third-order valence-corrected chi connectivity index (χ3v) is 5.64. The predicted octanol–water partition coefficient (Wildman–Crippen LogP) is 2.11. The fourth-order valence-electron chi connectivity index (χ4n) is 3.99. The highest BCUT2D eigenvalue weighted by Crippen LogP contribution is 2.23. The summed E-state index contributed by atoms with van der Waals surface area (Å²) in [4.78, 5) is 17.2. The number of nitrogens with zero attached hydrogens (tertiary/aromatic N) is 2. The van der Waals surface area contributed by atoms with Crippen molar-refractivity contribution in [2.24, 2.45) is 5.92 Å². The highest BCUT2D eigenvalue weighted by molar-refractivity contribution is 5.78. The van der Waals surface area contributed by atoms with Gasteiger partial charge in [-0.05, 0) is 44.9 Å². The molecule has 1 aliphatic heterocycles. The SMILES string of the molecule is CCOCCN1CCN(CC(=O)NC2CCC(C)CC2)C[C@H]1CC. The molecule has 140 valence electrons. The number of piperazine rings is 1. The third kappa shape index (κ3) is 6.34. The number of ether oxygens (including phenoxy) is 1. The molecule has 0 aromatic rings. The highest BCUT2D eigenvalue weighted by Gasteiger charge is 2.27. The molecule has 1 atom stereocenters. The Hall–Kier alpha value is -0.650. The quantitative estimate of drug-likeness (QED) is 0.688. The molecule has 0 unspecified atom stereocenters. The van der Waals surface area contributed by atoms with Gasteiger partial charge in [-0.3, -0.25) is 14.6 Å². The average molecular weight is 340 g/mol. The van der Waals surface area contributed by atoms with E-state index in [0.717, 1.165) is 64.6 Å². The van der Waals surface area contributed by atoms with E-state index in [1.54, 1.807) is 0 Å². The first-order valence-electron chi connectivity index (χ1n) is 9.95. The molecular formula is C19H37N3O2. The van der Waals surface area contributed by atoms with Gasteiger partial charge in [-0.2, -0.15) is 0 Å². The molecule has 1 aliphatic carbocycles. The normalized spacial score (nSPS) is 29.5. The number of carbonyl (C=O) groups excluding carboxylic acids is 1. The molecule has 5 heteroatoms. The molecule has 0 aromatic carbocycles. The van der Waals surface area contributed by atoms with E-state index in [4.69, 9.17) is 4.74 Å². The maximum Gasteiger partial charge on any atom is 0.234 e. The first-order valence-corrected chi connectivity index (χ1v) is 9.95. The van der Waals surface area contributed by atoms with Gasteiger partial charge in [0.1, 0.15) is 0 Å². The Morgan fingerprint density at radius 3 is 2.58 bits per heavy atom. The van der Waals surface area contributed by atoms with Crippen molar-refractivity contribution in [2.45, 2.75) is 65.0 Å². The summed E-state index contributed by atoms with van der Waals surface area (Å²) in [6.07, 6.45) is 5.93. The van der Waals surface area contributed by atoms with Gasteiger partial charge in [0.25, 0.3) is 0 Å². The van der Waals surface area contributed by atoms with Crippen LogP contribution in [0.4, 0.5) is 0 Å². The summed E-state index contributed by atoms with van der Waals surface area (Å²) in [5, 5.41) is 3.26. The molecule has 2 rings (SSSR count). The van der Waals surface area contributed by atoms with Crippen molar-refractivity contribution in [2.75, 3.05) is 45.9 Å². The van der Waals surface area contributed by atoms with Gasteiger partial charge in [-0.1, -0.05) is 13.8 Å². The second kappa shape index (κ2) is 10.4. The summed E-state index contributed by atoms with van der Waals surface area (Å²) >= 11 is 0. The lowest BCUT2D eigenvalue weighted by molar-refractivity contribution is -0.124. The second-order valence-electron chi connectivity index (χ2n) is 7.55. The number of hydrogen-bond acceptors (Lipinski definition) is 4. The lowest BCUT2D eigenvalue weighted by Crippen LogP contribution is -2.55. The summed E-state index contributed by atoms with van der Waals surface area (Å²) < 4.78 is 5.49. The van der Waals surface area contributed by atoms with Crippen molar-refractivity contribution in [1.29, 1.82) is 0 Å². The maximum absolute atomic E-state index is 12.4. The van der Waals surface area contributed by atoms with Gasteiger partial charge in [-0.25, -0.2) is 0 Å². The minimum absolute atomic E-state index is 0.215. The molecule has 2 fully saturated rings. The van der Waals surface area contributed by atoms with Gasteiger partial charge in [0, 0.05) is 44.9 Å². The zero-order valence-electron chi connectivity index (χ0n) is 15.9. The smallest absolute Gasteiger partial charge is 0.234 e. The molecule has 1 amide bonds. The molecular weight excluding hydrogens is 302 g/mol. The largest absolute Gasteiger partial charge is 0.380 e. The van der Waals surface area contributed by atoms with Gasteiger partial charge in [0.15, 0.2) is 0 Å². The molecule has 1 saturated heterocycles. The van der Waals surface area contributed by atoms with Crippen LogP contribution in [0.3, 0.4) is 0 Å². The van der Waals surface area contributed by atoms with Crippen LogP contribution < -0.4 is 5.32 Å². The van der Waals surface area contributed by atoms with E-state index >= 15 is 0 Å². The standard InChI is InChI=1S/C19H37N3O2/c1-4-18-14-21(10-11-22(18)12-13-24-5-2)15-19(23)20-17-8-6-16(3)7-9-17/h16-18H,4-15H2,1-3H3,(H,20,23)/t16?,17?,18-/m1/s1. The van der Waals surface area contributed by atoms with E-state index < -0.39 is 0 Å². The molecule has 24 heavy (non-hydrogen) atoms. The Morgan fingerprint density at radius 2 is 1.92 bits per heavy atom. The molecule has 2 aliphatic rings. The minimum atomic E-state index is 0.215. The molecule has 0 spiro atoms. The van der Waals surface area contributed by atoms with E-state index in [1.807, 2.05) is 6.92 Å². The molecule has 1 N–H and O–H groups in total. The van der Waals surface area contributed by atoms with Crippen molar-refractivity contribution in [3.05, 3.63) is 0 Å². The zero-order valence-corrected chi connectivity index (χ0v) is 15.9. The fraction of sp³-hybridized carbons (Fsp3) is 0.947. The van der Waals surface area contributed by atoms with Crippen LogP contribution in [0.25, 0.3) is 0 Å². The summed E-state index contributed by atoms with van der Waals surface area (Å²) in [6.45, 7) is 12.8. The lowest BCUT2D eigenvalue weighted by atomic mass is 9.87. The average Bonchev–Trinajstić information content (AvgIpc) is 2.58. The Bertz CT molecular complexity index is 370. The number of carbonyl (C=O) groups is 1. The lowest BCUT2D eigenvalue weighted by Gasteiger charge is -2.41. The van der Waals surface area contributed by atoms with Crippen molar-refractivity contribution in [3.8, 4) is 0 Å². The van der Waals surface area contributed by atoms with Crippen LogP contribution in [0, 0.1) is 5.92 Å². The van der Waals surface area contributed by atoms with Crippen LogP contribution in [0.2, 0.25) is 0 Å². The van der Waals surface area contributed by atoms with E-state index in [0.29, 0.717) is 18.6 Å². The van der Waals surface area contributed by atoms with Crippen molar-refractivity contribution < 1.29 is 9.53 Å². The molecule has 1 heterocycles. The van der Waals surface area contributed by atoms with Gasteiger partial charge < -0.3 is 10.1 Å². The second-order valence-corrected chi connectivity index (χ2v) is 7.55. The Balaban J connectivity index is 1.70. The molecule has 0 radical (unpaired) electrons. The number of amides is 1. The first-order chi connectivity index (χ1) is 11.6. The highest BCUT2D eigenvalue weighted by atomic mass is 16.5. The van der Waals surface area contributed by atoms with E-state index in [9.17, 15) is 4.79 Å². The van der Waals surface area contributed by atoms with Crippen LogP contribution in [-0.2, 0) is 9.53 Å².